The monoisotopic (exact) mass is 263 g/mol. The number of hydrogen-bond donors (Lipinski definition) is 1. The van der Waals surface area contributed by atoms with Gasteiger partial charge in [0.1, 0.15) is 0 Å². The van der Waals surface area contributed by atoms with Gasteiger partial charge in [0, 0.05) is 6.54 Å². The minimum atomic E-state index is -0.150. The Morgan fingerprint density at radius 3 is 2.74 bits per heavy atom. The van der Waals surface area contributed by atoms with E-state index in [1.54, 1.807) is 0 Å². The Morgan fingerprint density at radius 1 is 1.37 bits per heavy atom. The van der Waals surface area contributed by atoms with Gasteiger partial charge in [-0.2, -0.15) is 0 Å². The number of carbonyl (C=O) groups is 1. The lowest BCUT2D eigenvalue weighted by Gasteiger charge is -2.15. The Balaban J connectivity index is 1.68. The first-order valence-corrected chi connectivity index (χ1v) is 6.76. The molecule has 0 unspecified atom stereocenters. The summed E-state index contributed by atoms with van der Waals surface area (Å²) in [6.45, 7) is 1.01. The summed E-state index contributed by atoms with van der Waals surface area (Å²) in [6, 6.07) is 9.93. The van der Waals surface area contributed by atoms with Gasteiger partial charge in [0.2, 0.25) is 0 Å². The minimum Gasteiger partial charge on any atom is -0.469 e. The Labute approximate surface area is 114 Å². The summed E-state index contributed by atoms with van der Waals surface area (Å²) < 4.78 is 4.82. The quantitative estimate of drug-likeness (QED) is 0.444. The highest BCUT2D eigenvalue weighted by Gasteiger charge is 2.29. The Kier molecular flexibility index (Phi) is 5.36. The van der Waals surface area contributed by atoms with Crippen molar-refractivity contribution in [1.82, 2.24) is 5.48 Å². The molecule has 0 spiro atoms. The van der Waals surface area contributed by atoms with Gasteiger partial charge in [0.05, 0.1) is 19.6 Å². The van der Waals surface area contributed by atoms with Gasteiger partial charge in [-0.15, -0.1) is 0 Å². The lowest BCUT2D eigenvalue weighted by Crippen LogP contribution is -2.30. The van der Waals surface area contributed by atoms with E-state index in [0.29, 0.717) is 19.1 Å². The minimum absolute atomic E-state index is 0.103. The second-order valence-electron chi connectivity index (χ2n) is 5.02. The standard InChI is InChI=1S/C15H21NO3/c1-18-15(17)14(9-12-7-8-12)10-16-19-11-13-5-3-2-4-6-13/h2-6,12,14,16H,7-11H2,1H3/t14-/m1/s1. The van der Waals surface area contributed by atoms with Crippen molar-refractivity contribution in [3.63, 3.8) is 0 Å². The zero-order valence-electron chi connectivity index (χ0n) is 11.3. The number of hydrogen-bond acceptors (Lipinski definition) is 4. The molecule has 0 heterocycles. The van der Waals surface area contributed by atoms with Crippen LogP contribution in [0.25, 0.3) is 0 Å². The number of methoxy groups -OCH3 is 1. The first-order chi connectivity index (χ1) is 9.29. The second-order valence-corrected chi connectivity index (χ2v) is 5.02. The van der Waals surface area contributed by atoms with Gasteiger partial charge in [-0.05, 0) is 17.9 Å². The Hall–Kier alpha value is -1.39. The van der Waals surface area contributed by atoms with E-state index < -0.39 is 0 Å². The van der Waals surface area contributed by atoms with E-state index in [-0.39, 0.29) is 11.9 Å². The molecule has 1 aromatic rings. The molecule has 0 radical (unpaired) electrons. The van der Waals surface area contributed by atoms with Crippen LogP contribution < -0.4 is 5.48 Å². The van der Waals surface area contributed by atoms with Crippen molar-refractivity contribution in [2.24, 2.45) is 11.8 Å². The molecule has 1 aliphatic rings. The molecule has 4 nitrogen and oxygen atoms in total. The molecule has 2 rings (SSSR count). The van der Waals surface area contributed by atoms with Crippen molar-refractivity contribution >= 4 is 5.97 Å². The van der Waals surface area contributed by atoms with Crippen LogP contribution in [0.1, 0.15) is 24.8 Å². The van der Waals surface area contributed by atoms with Crippen molar-refractivity contribution in [3.8, 4) is 0 Å². The second kappa shape index (κ2) is 7.26. The summed E-state index contributed by atoms with van der Waals surface area (Å²) in [6.07, 6.45) is 3.37. The molecule has 1 aliphatic carbocycles. The van der Waals surface area contributed by atoms with Crippen LogP contribution in [0.15, 0.2) is 30.3 Å². The molecule has 1 fully saturated rings. The van der Waals surface area contributed by atoms with E-state index in [0.717, 1.165) is 12.0 Å². The fraction of sp³-hybridized carbons (Fsp3) is 0.533. The Bertz CT molecular complexity index is 390. The fourth-order valence-corrected chi connectivity index (χ4v) is 2.05. The lowest BCUT2D eigenvalue weighted by molar-refractivity contribution is -0.146. The summed E-state index contributed by atoms with van der Waals surface area (Å²) in [4.78, 5) is 17.0. The topological polar surface area (TPSA) is 47.6 Å². The van der Waals surface area contributed by atoms with Gasteiger partial charge in [0.15, 0.2) is 0 Å². The summed E-state index contributed by atoms with van der Waals surface area (Å²) in [7, 11) is 1.44. The van der Waals surface area contributed by atoms with E-state index in [9.17, 15) is 4.79 Å². The molecule has 0 amide bonds. The first-order valence-electron chi connectivity index (χ1n) is 6.76. The van der Waals surface area contributed by atoms with E-state index in [1.165, 1.54) is 20.0 Å². The zero-order chi connectivity index (χ0) is 13.5. The van der Waals surface area contributed by atoms with E-state index in [4.69, 9.17) is 9.57 Å². The summed E-state index contributed by atoms with van der Waals surface area (Å²) in [5, 5.41) is 0. The number of benzene rings is 1. The average Bonchev–Trinajstić information content (AvgIpc) is 3.26. The lowest BCUT2D eigenvalue weighted by atomic mass is 10.0. The molecule has 1 atom stereocenters. The molecular weight excluding hydrogens is 242 g/mol. The average molecular weight is 263 g/mol. The third-order valence-electron chi connectivity index (χ3n) is 3.36. The van der Waals surface area contributed by atoms with Crippen molar-refractivity contribution in [1.29, 1.82) is 0 Å². The van der Waals surface area contributed by atoms with Crippen molar-refractivity contribution < 1.29 is 14.4 Å². The fourth-order valence-electron chi connectivity index (χ4n) is 2.05. The van der Waals surface area contributed by atoms with Gasteiger partial charge in [-0.25, -0.2) is 5.48 Å². The van der Waals surface area contributed by atoms with Gasteiger partial charge in [-0.1, -0.05) is 43.2 Å². The number of ether oxygens (including phenoxy) is 1. The number of esters is 1. The van der Waals surface area contributed by atoms with Crippen molar-refractivity contribution in [2.75, 3.05) is 13.7 Å². The van der Waals surface area contributed by atoms with E-state index >= 15 is 0 Å². The van der Waals surface area contributed by atoms with Gasteiger partial charge in [0.25, 0.3) is 0 Å². The molecule has 19 heavy (non-hydrogen) atoms. The van der Waals surface area contributed by atoms with Crippen LogP contribution in [0.2, 0.25) is 0 Å². The normalized spacial score (nSPS) is 16.1. The summed E-state index contributed by atoms with van der Waals surface area (Å²) >= 11 is 0. The van der Waals surface area contributed by atoms with Crippen LogP contribution >= 0.6 is 0 Å². The summed E-state index contributed by atoms with van der Waals surface area (Å²) in [5.74, 6) is 0.441. The molecular formula is C15H21NO3. The highest BCUT2D eigenvalue weighted by atomic mass is 16.6. The van der Waals surface area contributed by atoms with Crippen molar-refractivity contribution in [3.05, 3.63) is 35.9 Å². The van der Waals surface area contributed by atoms with Gasteiger partial charge < -0.3 is 4.74 Å². The maximum absolute atomic E-state index is 11.6. The molecule has 0 aliphatic heterocycles. The van der Waals surface area contributed by atoms with E-state index in [2.05, 4.69) is 5.48 Å². The third-order valence-corrected chi connectivity index (χ3v) is 3.36. The molecule has 1 saturated carbocycles. The van der Waals surface area contributed by atoms with Crippen LogP contribution in [0.5, 0.6) is 0 Å². The molecule has 4 heteroatoms. The van der Waals surface area contributed by atoms with Crippen LogP contribution in [0, 0.1) is 11.8 Å². The SMILES string of the molecule is COC(=O)[C@@H](CNOCc1ccccc1)CC1CC1. The van der Waals surface area contributed by atoms with Gasteiger partial charge in [-0.3, -0.25) is 9.63 Å². The molecule has 104 valence electrons. The number of hydroxylamine groups is 1. The summed E-state index contributed by atoms with van der Waals surface area (Å²) in [5.41, 5.74) is 3.99. The molecule has 0 saturated heterocycles. The molecule has 1 aromatic carbocycles. The number of rotatable bonds is 8. The van der Waals surface area contributed by atoms with Gasteiger partial charge >= 0.3 is 5.97 Å². The third kappa shape index (κ3) is 5.01. The smallest absolute Gasteiger partial charge is 0.310 e. The van der Waals surface area contributed by atoms with Crippen LogP contribution in [-0.2, 0) is 21.0 Å². The van der Waals surface area contributed by atoms with Crippen LogP contribution in [-0.4, -0.2) is 19.6 Å². The first kappa shape index (κ1) is 14.0. The maximum Gasteiger partial charge on any atom is 0.310 e. The highest BCUT2D eigenvalue weighted by Crippen LogP contribution is 2.35. The molecule has 0 aromatic heterocycles. The van der Waals surface area contributed by atoms with Crippen molar-refractivity contribution in [2.45, 2.75) is 25.9 Å². The zero-order valence-corrected chi connectivity index (χ0v) is 11.3. The predicted molar refractivity (Wildman–Crippen MR) is 72.1 cm³/mol. The Morgan fingerprint density at radius 2 is 2.11 bits per heavy atom. The van der Waals surface area contributed by atoms with Crippen LogP contribution in [0.4, 0.5) is 0 Å². The number of nitrogens with one attached hydrogen (secondary N) is 1. The molecule has 0 bridgehead atoms. The predicted octanol–water partition coefficient (Wildman–Crippen LogP) is 2.30. The largest absolute Gasteiger partial charge is 0.469 e. The van der Waals surface area contributed by atoms with E-state index in [1.807, 2.05) is 30.3 Å². The highest BCUT2D eigenvalue weighted by molar-refractivity contribution is 5.72. The maximum atomic E-state index is 11.6. The molecule has 1 N–H and O–H groups in total. The number of carbonyl (C=O) groups excluding carboxylic acids is 1. The van der Waals surface area contributed by atoms with Crippen LogP contribution in [0.3, 0.4) is 0 Å².